The molecule has 0 spiro atoms. The number of carbonyl (C=O) groups is 1. The second kappa shape index (κ2) is 6.25. The Labute approximate surface area is 121 Å². The van der Waals surface area contributed by atoms with Crippen LogP contribution in [0.3, 0.4) is 0 Å². The molecule has 0 N–H and O–H groups in total. The van der Waals surface area contributed by atoms with Gasteiger partial charge in [0.05, 0.1) is 12.0 Å². The number of carbonyl (C=O) groups excluding carboxylic acids is 1. The van der Waals surface area contributed by atoms with Gasteiger partial charge in [-0.3, -0.25) is 4.79 Å². The zero-order chi connectivity index (χ0) is 16.3. The minimum atomic E-state index is -5.66. The molecule has 0 saturated carbocycles. The predicted molar refractivity (Wildman–Crippen MR) is 67.4 cm³/mol. The Bertz CT molecular complexity index is 524. The van der Waals surface area contributed by atoms with Crippen LogP contribution in [-0.2, 0) is 23.8 Å². The van der Waals surface area contributed by atoms with Crippen LogP contribution in [0.25, 0.3) is 0 Å². The quantitative estimate of drug-likeness (QED) is 0.440. The Kier molecular flexibility index (Phi) is 5.30. The van der Waals surface area contributed by atoms with Crippen LogP contribution in [0.5, 0.6) is 0 Å². The minimum absolute atomic E-state index is 0.0675. The first-order valence-electron chi connectivity index (χ1n) is 6.45. The highest BCUT2D eigenvalue weighted by Crippen LogP contribution is 2.41. The number of alkyl halides is 3. The molecule has 122 valence electrons. The number of halogens is 3. The summed E-state index contributed by atoms with van der Waals surface area (Å²) in [5.41, 5.74) is -6.29. The Morgan fingerprint density at radius 3 is 2.38 bits per heavy atom. The molecule has 5 nitrogen and oxygen atoms in total. The van der Waals surface area contributed by atoms with Crippen molar-refractivity contribution in [3.05, 3.63) is 11.8 Å². The summed E-state index contributed by atoms with van der Waals surface area (Å²) in [4.78, 5) is 11.9. The molecule has 0 amide bonds. The van der Waals surface area contributed by atoms with Crippen molar-refractivity contribution in [1.29, 1.82) is 0 Å². The number of esters is 1. The molecule has 0 aromatic heterocycles. The fourth-order valence-corrected chi connectivity index (χ4v) is 2.60. The zero-order valence-corrected chi connectivity index (χ0v) is 12.5. The summed E-state index contributed by atoms with van der Waals surface area (Å²) in [6.45, 7) is 3.63. The van der Waals surface area contributed by atoms with Crippen LogP contribution in [0.1, 0.15) is 39.5 Å². The van der Waals surface area contributed by atoms with Gasteiger partial charge < -0.3 is 8.92 Å². The van der Waals surface area contributed by atoms with E-state index in [0.29, 0.717) is 6.42 Å². The van der Waals surface area contributed by atoms with E-state index in [-0.39, 0.29) is 31.6 Å². The van der Waals surface area contributed by atoms with Gasteiger partial charge in [-0.2, -0.15) is 21.6 Å². The van der Waals surface area contributed by atoms with Gasteiger partial charge >= 0.3 is 21.6 Å². The molecular formula is C12H17F3O5S. The average molecular weight is 330 g/mol. The molecular weight excluding hydrogens is 313 g/mol. The van der Waals surface area contributed by atoms with E-state index in [1.807, 2.05) is 0 Å². The maximum absolute atomic E-state index is 12.2. The predicted octanol–water partition coefficient (Wildman–Crippen LogP) is 2.88. The topological polar surface area (TPSA) is 69.7 Å². The van der Waals surface area contributed by atoms with E-state index in [9.17, 15) is 26.4 Å². The number of hydrogen-bond donors (Lipinski definition) is 0. The lowest BCUT2D eigenvalue weighted by Crippen LogP contribution is -2.35. The van der Waals surface area contributed by atoms with Crippen molar-refractivity contribution in [3.8, 4) is 0 Å². The third-order valence-electron chi connectivity index (χ3n) is 3.46. The van der Waals surface area contributed by atoms with E-state index in [1.165, 1.54) is 6.08 Å². The number of allylic oxidation sites excluding steroid dienone is 2. The Balaban J connectivity index is 2.85. The molecule has 0 aromatic rings. The molecule has 0 aliphatic heterocycles. The van der Waals surface area contributed by atoms with Gasteiger partial charge in [0.1, 0.15) is 5.76 Å². The molecule has 1 aliphatic rings. The molecule has 0 heterocycles. The molecule has 0 bridgehead atoms. The summed E-state index contributed by atoms with van der Waals surface area (Å²) in [7, 11) is -5.66. The average Bonchev–Trinajstić information content (AvgIpc) is 2.38. The van der Waals surface area contributed by atoms with Gasteiger partial charge in [0.2, 0.25) is 0 Å². The lowest BCUT2D eigenvalue weighted by Gasteiger charge is -2.32. The van der Waals surface area contributed by atoms with Crippen molar-refractivity contribution < 1.29 is 35.3 Å². The molecule has 1 unspecified atom stereocenters. The highest BCUT2D eigenvalue weighted by atomic mass is 32.2. The van der Waals surface area contributed by atoms with Crippen molar-refractivity contribution in [2.24, 2.45) is 5.41 Å². The van der Waals surface area contributed by atoms with Crippen LogP contribution in [0, 0.1) is 5.41 Å². The SMILES string of the molecule is CCOC(=O)C1(CC)CC=C(OS(=O)(=O)C(F)(F)F)CC1. The van der Waals surface area contributed by atoms with E-state index >= 15 is 0 Å². The first kappa shape index (κ1) is 17.8. The fourth-order valence-electron chi connectivity index (χ4n) is 2.07. The molecule has 1 aliphatic carbocycles. The molecule has 0 radical (unpaired) electrons. The molecule has 1 atom stereocenters. The van der Waals surface area contributed by atoms with Crippen molar-refractivity contribution in [1.82, 2.24) is 0 Å². The first-order valence-corrected chi connectivity index (χ1v) is 7.86. The monoisotopic (exact) mass is 330 g/mol. The number of hydrogen-bond acceptors (Lipinski definition) is 5. The van der Waals surface area contributed by atoms with E-state index in [0.717, 1.165) is 0 Å². The summed E-state index contributed by atoms with van der Waals surface area (Å²) in [5, 5.41) is 0. The van der Waals surface area contributed by atoms with Crippen LogP contribution in [0.4, 0.5) is 13.2 Å². The van der Waals surface area contributed by atoms with Crippen molar-refractivity contribution >= 4 is 16.1 Å². The molecule has 0 saturated heterocycles. The van der Waals surface area contributed by atoms with Gasteiger partial charge in [-0.25, -0.2) is 0 Å². The first-order chi connectivity index (χ1) is 9.58. The minimum Gasteiger partial charge on any atom is -0.466 e. The summed E-state index contributed by atoms with van der Waals surface area (Å²) in [6, 6.07) is 0. The van der Waals surface area contributed by atoms with Gasteiger partial charge in [-0.1, -0.05) is 6.92 Å². The molecule has 0 fully saturated rings. The van der Waals surface area contributed by atoms with Crippen LogP contribution in [-0.4, -0.2) is 26.5 Å². The highest BCUT2D eigenvalue weighted by molar-refractivity contribution is 7.87. The molecule has 1 rings (SSSR count). The zero-order valence-electron chi connectivity index (χ0n) is 11.7. The van der Waals surface area contributed by atoms with E-state index < -0.39 is 27.0 Å². The Hall–Kier alpha value is -1.25. The lowest BCUT2D eigenvalue weighted by molar-refractivity contribution is -0.156. The second-order valence-electron chi connectivity index (χ2n) is 4.71. The Morgan fingerprint density at radius 1 is 1.38 bits per heavy atom. The van der Waals surface area contributed by atoms with Gasteiger partial charge in [0, 0.05) is 6.42 Å². The maximum Gasteiger partial charge on any atom is 0.534 e. The summed E-state index contributed by atoms with van der Waals surface area (Å²) < 4.78 is 67.5. The smallest absolute Gasteiger partial charge is 0.466 e. The molecule has 9 heteroatoms. The summed E-state index contributed by atoms with van der Waals surface area (Å²) >= 11 is 0. The van der Waals surface area contributed by atoms with E-state index in [2.05, 4.69) is 4.18 Å². The fraction of sp³-hybridized carbons (Fsp3) is 0.750. The van der Waals surface area contributed by atoms with Crippen LogP contribution in [0.2, 0.25) is 0 Å². The normalized spacial score (nSPS) is 23.4. The number of ether oxygens (including phenoxy) is 1. The summed E-state index contributed by atoms with van der Waals surface area (Å²) in [6.07, 6.45) is 1.86. The van der Waals surface area contributed by atoms with Gasteiger partial charge in [-0.05, 0) is 32.3 Å². The van der Waals surface area contributed by atoms with E-state index in [1.54, 1.807) is 13.8 Å². The van der Waals surface area contributed by atoms with Gasteiger partial charge in [0.25, 0.3) is 0 Å². The van der Waals surface area contributed by atoms with Crippen LogP contribution in [0.15, 0.2) is 11.8 Å². The largest absolute Gasteiger partial charge is 0.534 e. The standard InChI is InChI=1S/C12H17F3O5S/c1-3-11(10(16)19-4-2)7-5-9(6-8-11)20-21(17,18)12(13,14)15/h5H,3-4,6-8H2,1-2H3. The Morgan fingerprint density at radius 2 is 2.00 bits per heavy atom. The third-order valence-corrected chi connectivity index (χ3v) is 4.46. The molecule has 21 heavy (non-hydrogen) atoms. The van der Waals surface area contributed by atoms with Crippen molar-refractivity contribution in [2.75, 3.05) is 6.61 Å². The maximum atomic E-state index is 12.2. The second-order valence-corrected chi connectivity index (χ2v) is 6.25. The summed E-state index contributed by atoms with van der Waals surface area (Å²) in [5.74, 6) is -0.720. The van der Waals surface area contributed by atoms with Crippen LogP contribution < -0.4 is 0 Å². The van der Waals surface area contributed by atoms with Gasteiger partial charge in [0.15, 0.2) is 0 Å². The third kappa shape index (κ3) is 3.90. The van der Waals surface area contributed by atoms with E-state index in [4.69, 9.17) is 4.74 Å². The van der Waals surface area contributed by atoms with Crippen molar-refractivity contribution in [2.45, 2.75) is 45.0 Å². The highest BCUT2D eigenvalue weighted by Gasteiger charge is 2.49. The van der Waals surface area contributed by atoms with Crippen molar-refractivity contribution in [3.63, 3.8) is 0 Å². The lowest BCUT2D eigenvalue weighted by atomic mass is 9.74. The van der Waals surface area contributed by atoms with Gasteiger partial charge in [-0.15, -0.1) is 0 Å². The molecule has 0 aromatic carbocycles. The number of rotatable bonds is 5. The van der Waals surface area contributed by atoms with Crippen LogP contribution >= 0.6 is 0 Å².